The number of nitriles is 1. The number of fused-ring (bicyclic) bond motifs is 4. The second-order valence-corrected chi connectivity index (χ2v) is 19.0. The van der Waals surface area contributed by atoms with Crippen molar-refractivity contribution in [3.05, 3.63) is 98.2 Å². The van der Waals surface area contributed by atoms with Gasteiger partial charge in [0.15, 0.2) is 17.3 Å². The van der Waals surface area contributed by atoms with Gasteiger partial charge in [0.2, 0.25) is 0 Å². The van der Waals surface area contributed by atoms with Gasteiger partial charge in [-0.05, 0) is 132 Å². The summed E-state index contributed by atoms with van der Waals surface area (Å²) in [6, 6.07) is 15.4. The number of halogens is 1. The molecule has 308 valence electrons. The highest BCUT2D eigenvalue weighted by molar-refractivity contribution is 7.15. The fourth-order valence-corrected chi connectivity index (χ4v) is 11.1. The minimum Gasteiger partial charge on any atom is -0.490 e. The van der Waals surface area contributed by atoms with Gasteiger partial charge in [-0.1, -0.05) is 11.6 Å². The van der Waals surface area contributed by atoms with Gasteiger partial charge < -0.3 is 19.9 Å². The average Bonchev–Trinajstić information content (AvgIpc) is 3.88. The van der Waals surface area contributed by atoms with Crippen LogP contribution in [0.5, 0.6) is 5.75 Å². The molecule has 10 rings (SSSR count). The Morgan fingerprint density at radius 2 is 1.72 bits per heavy atom. The van der Waals surface area contributed by atoms with Crippen molar-refractivity contribution < 1.29 is 9.53 Å². The van der Waals surface area contributed by atoms with Crippen LogP contribution in [0.2, 0.25) is 5.02 Å². The van der Waals surface area contributed by atoms with E-state index in [4.69, 9.17) is 31.6 Å². The van der Waals surface area contributed by atoms with Gasteiger partial charge >= 0.3 is 0 Å². The molecule has 2 spiro atoms. The molecule has 0 radical (unpaired) electrons. The molecule has 5 aromatic rings. The summed E-state index contributed by atoms with van der Waals surface area (Å²) in [5.41, 5.74) is 5.16. The highest BCUT2D eigenvalue weighted by Gasteiger charge is 2.51. The molecule has 60 heavy (non-hydrogen) atoms. The number of anilines is 2. The molecule has 0 atom stereocenters. The molecule has 4 fully saturated rings. The quantitative estimate of drug-likeness (QED) is 0.172. The first kappa shape index (κ1) is 38.8. The van der Waals surface area contributed by atoms with Crippen LogP contribution in [0, 0.1) is 37.5 Å². The van der Waals surface area contributed by atoms with Crippen LogP contribution in [0.1, 0.15) is 113 Å². The zero-order chi connectivity index (χ0) is 41.2. The van der Waals surface area contributed by atoms with Crippen LogP contribution in [0.15, 0.2) is 53.7 Å². The number of ether oxygens (including phenoxy) is 1. The van der Waals surface area contributed by atoms with E-state index in [2.05, 4.69) is 72.1 Å². The number of benzene rings is 1. The van der Waals surface area contributed by atoms with E-state index in [1.54, 1.807) is 35.6 Å². The number of aliphatic imine (C=N–C) groups is 1. The molecule has 5 aliphatic rings. The predicted octanol–water partition coefficient (Wildman–Crippen LogP) is 7.81. The molecule has 1 aromatic carbocycles. The second kappa shape index (κ2) is 15.3. The van der Waals surface area contributed by atoms with Gasteiger partial charge in [0.25, 0.3) is 5.91 Å². The number of carbonyl (C=O) groups excluding carboxylic acids is 1. The third-order valence-corrected chi connectivity index (χ3v) is 15.0. The maximum Gasteiger partial charge on any atom is 0.272 e. The van der Waals surface area contributed by atoms with Gasteiger partial charge in [-0.25, -0.2) is 4.98 Å². The second-order valence-electron chi connectivity index (χ2n) is 17.4. The molecular formula is C45H48ClN11O2S. The minimum atomic E-state index is -0.310. The number of hydrogen-bond donors (Lipinski definition) is 1. The number of aromatic nitrogens is 6. The Hall–Kier alpha value is -5.39. The molecule has 1 N–H and O–H groups in total. The molecule has 2 aliphatic carbocycles. The largest absolute Gasteiger partial charge is 0.490 e. The first-order chi connectivity index (χ1) is 29.1. The summed E-state index contributed by atoms with van der Waals surface area (Å²) >= 11 is 7.98. The SMILES string of the molecule is Cc1sc2c(c1C)C(c1ccc(N3CCC4(CCCN(c5ccc(C(=O)NC6CCC(Oc7ccc(C#N)c(Cl)c7)CC6)nn5)C4)CC3)nc1)=NC1(CC1)c1nnc(C)n1-2. The number of carbonyl (C=O) groups is 1. The number of piperidine rings is 2. The Morgan fingerprint density at radius 3 is 2.42 bits per heavy atom. The lowest BCUT2D eigenvalue weighted by molar-refractivity contribution is 0.0888. The molecule has 2 saturated carbocycles. The first-order valence-corrected chi connectivity index (χ1v) is 22.4. The van der Waals surface area contributed by atoms with Crippen molar-refractivity contribution in [2.75, 3.05) is 36.0 Å². The lowest BCUT2D eigenvalue weighted by Crippen LogP contribution is -2.50. The molecule has 2 saturated heterocycles. The number of pyridine rings is 1. The summed E-state index contributed by atoms with van der Waals surface area (Å²) in [6.07, 6.45) is 11.7. The molecule has 0 bridgehead atoms. The lowest BCUT2D eigenvalue weighted by Gasteiger charge is -2.48. The van der Waals surface area contributed by atoms with Crippen molar-refractivity contribution in [1.82, 2.24) is 35.3 Å². The topological polar surface area (TPSA) is 150 Å². The predicted molar refractivity (Wildman–Crippen MR) is 232 cm³/mol. The minimum absolute atomic E-state index is 0.0343. The van der Waals surface area contributed by atoms with Gasteiger partial charge in [0.1, 0.15) is 34.0 Å². The van der Waals surface area contributed by atoms with Crippen molar-refractivity contribution in [1.29, 1.82) is 5.26 Å². The molecular weight excluding hydrogens is 794 g/mol. The van der Waals surface area contributed by atoms with Gasteiger partial charge in [-0.15, -0.1) is 31.7 Å². The number of amides is 1. The third kappa shape index (κ3) is 7.09. The van der Waals surface area contributed by atoms with E-state index in [0.29, 0.717) is 22.0 Å². The smallest absolute Gasteiger partial charge is 0.272 e. The number of aryl methyl sites for hydroxylation is 2. The van der Waals surface area contributed by atoms with Gasteiger partial charge in [-0.2, -0.15) is 5.26 Å². The van der Waals surface area contributed by atoms with Crippen LogP contribution in [0.25, 0.3) is 5.00 Å². The standard InChI is InChI=1S/C45H48ClN11O2S/c1-27-28(2)60-42-39(27)40(50-45(16-17-45)43-54-51-29(3)57(42)43)31-6-13-37(48-25-31)55-21-18-44(19-22-55)15-4-20-56(26-44)38-14-12-36(52-53-38)41(58)49-32-7-10-33(11-8-32)59-34-9-5-30(24-47)35(46)23-34/h5-6,9,12-14,23,25,32-33H,4,7-8,10-11,15-22,26H2,1-3H3,(H,49,58). The normalized spacial score (nSPS) is 21.4. The van der Waals surface area contributed by atoms with Gasteiger partial charge in [-0.3, -0.25) is 14.4 Å². The van der Waals surface area contributed by atoms with Crippen LogP contribution < -0.4 is 19.9 Å². The zero-order valence-corrected chi connectivity index (χ0v) is 35.8. The van der Waals surface area contributed by atoms with E-state index in [9.17, 15) is 4.79 Å². The summed E-state index contributed by atoms with van der Waals surface area (Å²) in [5, 5.41) is 31.9. The Bertz CT molecular complexity index is 2520. The number of nitrogens with one attached hydrogen (secondary N) is 1. The van der Waals surface area contributed by atoms with Crippen LogP contribution >= 0.6 is 22.9 Å². The summed E-state index contributed by atoms with van der Waals surface area (Å²) in [7, 11) is 0. The third-order valence-electron chi connectivity index (χ3n) is 13.5. The van der Waals surface area contributed by atoms with Gasteiger partial charge in [0, 0.05) is 60.5 Å². The average molecular weight is 842 g/mol. The summed E-state index contributed by atoms with van der Waals surface area (Å²) in [6.45, 7) is 10.2. The van der Waals surface area contributed by atoms with E-state index in [1.807, 2.05) is 19.2 Å². The molecule has 3 aliphatic heterocycles. The maximum absolute atomic E-state index is 13.2. The number of rotatable bonds is 7. The monoisotopic (exact) mass is 841 g/mol. The Morgan fingerprint density at radius 1 is 0.917 bits per heavy atom. The van der Waals surface area contributed by atoms with Crippen LogP contribution in [-0.4, -0.2) is 79.9 Å². The first-order valence-electron chi connectivity index (χ1n) is 21.2. The number of nitrogens with zero attached hydrogens (tertiary/aromatic N) is 10. The fourth-order valence-electron chi connectivity index (χ4n) is 9.72. The number of thiophene rings is 1. The highest BCUT2D eigenvalue weighted by Crippen LogP contribution is 2.53. The van der Waals surface area contributed by atoms with E-state index < -0.39 is 0 Å². The van der Waals surface area contributed by atoms with Crippen LogP contribution in [0.3, 0.4) is 0 Å². The zero-order valence-electron chi connectivity index (χ0n) is 34.2. The van der Waals surface area contributed by atoms with Crippen molar-refractivity contribution >= 4 is 46.2 Å². The van der Waals surface area contributed by atoms with E-state index in [1.165, 1.54) is 22.4 Å². The molecule has 1 amide bonds. The van der Waals surface area contributed by atoms with Crippen LogP contribution in [0.4, 0.5) is 11.6 Å². The molecule has 7 heterocycles. The molecule has 13 nitrogen and oxygen atoms in total. The maximum atomic E-state index is 13.2. The highest BCUT2D eigenvalue weighted by atomic mass is 35.5. The number of hydrogen-bond acceptors (Lipinski definition) is 12. The van der Waals surface area contributed by atoms with Crippen molar-refractivity contribution in [2.24, 2.45) is 10.4 Å². The molecule has 4 aromatic heterocycles. The van der Waals surface area contributed by atoms with E-state index in [0.717, 1.165) is 124 Å². The van der Waals surface area contributed by atoms with Crippen molar-refractivity contribution in [2.45, 2.75) is 103 Å². The molecule has 0 unspecified atom stereocenters. The summed E-state index contributed by atoms with van der Waals surface area (Å²) < 4.78 is 8.36. The fraction of sp³-hybridized carbons (Fsp3) is 0.467. The van der Waals surface area contributed by atoms with E-state index >= 15 is 0 Å². The molecule has 15 heteroatoms. The Labute approximate surface area is 358 Å². The van der Waals surface area contributed by atoms with Crippen molar-refractivity contribution in [3.8, 4) is 16.8 Å². The summed E-state index contributed by atoms with van der Waals surface area (Å²) in [5.74, 6) is 4.17. The Kier molecular flexibility index (Phi) is 9.87. The van der Waals surface area contributed by atoms with E-state index in [-0.39, 0.29) is 29.0 Å². The van der Waals surface area contributed by atoms with Crippen molar-refractivity contribution in [3.63, 3.8) is 0 Å². The summed E-state index contributed by atoms with van der Waals surface area (Å²) in [4.78, 5) is 29.8. The lowest BCUT2D eigenvalue weighted by atomic mass is 9.72. The van der Waals surface area contributed by atoms with Crippen LogP contribution in [-0.2, 0) is 5.54 Å². The van der Waals surface area contributed by atoms with Gasteiger partial charge in [0.05, 0.1) is 22.4 Å². The Balaban J connectivity index is 0.741.